The zero-order chi connectivity index (χ0) is 16.1. The van der Waals surface area contributed by atoms with Crippen molar-refractivity contribution in [3.05, 3.63) is 9.90 Å². The van der Waals surface area contributed by atoms with E-state index in [0.717, 1.165) is 0 Å². The quantitative estimate of drug-likeness (QED) is 0.626. The average molecular weight is 425 g/mol. The Morgan fingerprint density at radius 3 is 2.86 bits per heavy atom. The first-order valence-corrected chi connectivity index (χ1v) is 7.82. The first-order chi connectivity index (χ1) is 10.3. The van der Waals surface area contributed by atoms with E-state index in [9.17, 15) is 15.0 Å². The Bertz CT molecular complexity index is 579. The van der Waals surface area contributed by atoms with Crippen LogP contribution >= 0.6 is 22.6 Å². The van der Waals surface area contributed by atoms with Crippen molar-refractivity contribution in [3.8, 4) is 0 Å². The fraction of sp³-hybridized carbons (Fsp3) is 0.750. The highest BCUT2D eigenvalue weighted by Gasteiger charge is 2.54. The topological polar surface area (TPSA) is 116 Å². The molecule has 2 saturated heterocycles. The van der Waals surface area contributed by atoms with Gasteiger partial charge in [0, 0.05) is 0 Å². The van der Waals surface area contributed by atoms with Gasteiger partial charge in [0.2, 0.25) is 0 Å². The van der Waals surface area contributed by atoms with Gasteiger partial charge >= 0.3 is 5.97 Å². The summed E-state index contributed by atoms with van der Waals surface area (Å²) in [5.41, 5.74) is 0. The summed E-state index contributed by atoms with van der Waals surface area (Å²) in [7, 11) is 0. The molecule has 1 aromatic heterocycles. The number of ether oxygens (including phenoxy) is 3. The molecule has 0 aliphatic carbocycles. The first kappa shape index (κ1) is 16.1. The lowest BCUT2D eigenvalue weighted by atomic mass is 9.91. The summed E-state index contributed by atoms with van der Waals surface area (Å²) in [5, 5.41) is 27.5. The predicted octanol–water partition coefficient (Wildman–Crippen LogP) is -0.212. The van der Waals surface area contributed by atoms with Crippen LogP contribution in [0.2, 0.25) is 0 Å². The van der Waals surface area contributed by atoms with Crippen molar-refractivity contribution < 1.29 is 29.2 Å². The molecule has 2 fully saturated rings. The number of carboxylic acids is 1. The lowest BCUT2D eigenvalue weighted by molar-refractivity contribution is -0.346. The van der Waals surface area contributed by atoms with Gasteiger partial charge in [-0.05, 0) is 36.4 Å². The van der Waals surface area contributed by atoms with E-state index in [1.807, 2.05) is 22.6 Å². The number of hydrogen-bond acceptors (Lipinski definition) is 7. The van der Waals surface area contributed by atoms with Crippen LogP contribution < -0.4 is 0 Å². The lowest BCUT2D eigenvalue weighted by Gasteiger charge is -2.49. The van der Waals surface area contributed by atoms with Crippen molar-refractivity contribution in [3.63, 3.8) is 0 Å². The molecule has 5 atom stereocenters. The predicted molar refractivity (Wildman–Crippen MR) is 79.0 cm³/mol. The highest BCUT2D eigenvalue weighted by molar-refractivity contribution is 14.1. The highest BCUT2D eigenvalue weighted by Crippen LogP contribution is 2.38. The number of halogens is 1. The number of carbonyl (C=O) groups is 1. The molecule has 2 aliphatic heterocycles. The molecular formula is C12H16IN3O6. The van der Waals surface area contributed by atoms with Crippen LogP contribution in [-0.2, 0) is 19.0 Å². The summed E-state index contributed by atoms with van der Waals surface area (Å²) < 4.78 is 18.9. The molecule has 0 radical (unpaired) electrons. The van der Waals surface area contributed by atoms with Crippen molar-refractivity contribution in [1.29, 1.82) is 0 Å². The molecule has 122 valence electrons. The summed E-state index contributed by atoms with van der Waals surface area (Å²) in [5.74, 6) is -2.10. The maximum absolute atomic E-state index is 11.3. The van der Waals surface area contributed by atoms with Crippen molar-refractivity contribution >= 4 is 28.6 Å². The Balaban J connectivity index is 1.97. The summed E-state index contributed by atoms with van der Waals surface area (Å²) in [6.07, 6.45) is -2.26. The van der Waals surface area contributed by atoms with Crippen LogP contribution in [0.25, 0.3) is 0 Å². The van der Waals surface area contributed by atoms with Crippen molar-refractivity contribution in [2.45, 2.75) is 50.1 Å². The van der Waals surface area contributed by atoms with E-state index >= 15 is 0 Å². The Morgan fingerprint density at radius 2 is 2.27 bits per heavy atom. The third kappa shape index (κ3) is 2.85. The van der Waals surface area contributed by atoms with Crippen LogP contribution in [0.3, 0.4) is 0 Å². The Hall–Kier alpha value is -0.820. The SMILES string of the molecule is CC1(C)OC[C@H]2O[C@@H](C(=O)O)[C@H](O)[C@@H](n3cc(I)nn3)[C@H]2O1. The van der Waals surface area contributed by atoms with Crippen molar-refractivity contribution in [2.24, 2.45) is 0 Å². The summed E-state index contributed by atoms with van der Waals surface area (Å²) in [6.45, 7) is 3.68. The van der Waals surface area contributed by atoms with Crippen LogP contribution in [0.15, 0.2) is 6.20 Å². The number of aliphatic hydroxyl groups excluding tert-OH is 1. The molecule has 9 nitrogen and oxygen atoms in total. The number of aromatic nitrogens is 3. The molecule has 2 aliphatic rings. The van der Waals surface area contributed by atoms with Crippen LogP contribution in [-0.4, -0.2) is 68.0 Å². The van der Waals surface area contributed by atoms with Crippen LogP contribution in [0, 0.1) is 3.70 Å². The van der Waals surface area contributed by atoms with Crippen LogP contribution in [0.5, 0.6) is 0 Å². The van der Waals surface area contributed by atoms with Gasteiger partial charge in [-0.1, -0.05) is 5.21 Å². The number of aliphatic carboxylic acids is 1. The lowest BCUT2D eigenvalue weighted by Crippen LogP contribution is -2.63. The van der Waals surface area contributed by atoms with Gasteiger partial charge in [-0.2, -0.15) is 0 Å². The third-order valence-corrected chi connectivity index (χ3v) is 4.23. The zero-order valence-corrected chi connectivity index (χ0v) is 14.1. The van der Waals surface area contributed by atoms with Crippen molar-refractivity contribution in [1.82, 2.24) is 15.0 Å². The molecule has 3 heterocycles. The first-order valence-electron chi connectivity index (χ1n) is 6.74. The largest absolute Gasteiger partial charge is 0.479 e. The molecule has 22 heavy (non-hydrogen) atoms. The van der Waals surface area contributed by atoms with Gasteiger partial charge in [0.05, 0.1) is 12.8 Å². The van der Waals surface area contributed by atoms with E-state index in [4.69, 9.17) is 14.2 Å². The van der Waals surface area contributed by atoms with Gasteiger partial charge in [-0.3, -0.25) is 0 Å². The second kappa shape index (κ2) is 5.67. The van der Waals surface area contributed by atoms with Crippen LogP contribution in [0.4, 0.5) is 0 Å². The average Bonchev–Trinajstić information content (AvgIpc) is 2.83. The van der Waals surface area contributed by atoms with Gasteiger partial charge in [-0.15, -0.1) is 5.10 Å². The second-order valence-corrected chi connectivity index (χ2v) is 6.83. The van der Waals surface area contributed by atoms with Gasteiger partial charge in [-0.25, -0.2) is 9.48 Å². The molecule has 3 rings (SSSR count). The Kier molecular flexibility index (Phi) is 4.14. The molecule has 0 amide bonds. The molecule has 0 aromatic carbocycles. The maximum Gasteiger partial charge on any atom is 0.335 e. The summed E-state index contributed by atoms with van der Waals surface area (Å²) in [6, 6.07) is -0.723. The molecule has 0 saturated carbocycles. The number of aliphatic hydroxyl groups is 1. The van der Waals surface area contributed by atoms with Crippen molar-refractivity contribution in [2.75, 3.05) is 6.61 Å². The smallest absolute Gasteiger partial charge is 0.335 e. The standard InChI is InChI=1S/C12H16IN3O6/c1-12(2)20-4-5-9(22-12)7(16-3-6(13)14-15-16)8(17)10(21-5)11(18)19/h3,5,7-10,17H,4H2,1-2H3,(H,18,19)/t5-,7-,8-,9+,10-/m1/s1. The number of hydrogen-bond donors (Lipinski definition) is 2. The minimum Gasteiger partial charge on any atom is -0.479 e. The molecule has 1 aromatic rings. The van der Waals surface area contributed by atoms with E-state index in [-0.39, 0.29) is 6.61 Å². The molecule has 2 N–H and O–H groups in total. The number of rotatable bonds is 2. The summed E-state index contributed by atoms with van der Waals surface area (Å²) in [4.78, 5) is 11.3. The zero-order valence-electron chi connectivity index (χ0n) is 11.9. The van der Waals surface area contributed by atoms with Gasteiger partial charge in [0.25, 0.3) is 0 Å². The number of nitrogens with zero attached hydrogens (tertiary/aromatic N) is 3. The van der Waals surface area contributed by atoms with Gasteiger partial charge < -0.3 is 24.4 Å². The van der Waals surface area contributed by atoms with E-state index < -0.39 is 42.2 Å². The minimum atomic E-state index is -1.37. The Labute approximate surface area is 139 Å². The molecule has 0 unspecified atom stereocenters. The number of fused-ring (bicyclic) bond motifs is 1. The summed E-state index contributed by atoms with van der Waals surface area (Å²) >= 11 is 1.99. The highest BCUT2D eigenvalue weighted by atomic mass is 127. The minimum absolute atomic E-state index is 0.177. The normalized spacial score (nSPS) is 37.5. The second-order valence-electron chi connectivity index (χ2n) is 5.73. The fourth-order valence-corrected chi connectivity index (χ4v) is 3.16. The van der Waals surface area contributed by atoms with E-state index in [2.05, 4.69) is 10.3 Å². The van der Waals surface area contributed by atoms with E-state index in [1.54, 1.807) is 20.0 Å². The maximum atomic E-state index is 11.3. The van der Waals surface area contributed by atoms with E-state index in [1.165, 1.54) is 4.68 Å². The molecule has 10 heteroatoms. The third-order valence-electron chi connectivity index (χ3n) is 3.73. The molecule has 0 spiro atoms. The monoisotopic (exact) mass is 425 g/mol. The van der Waals surface area contributed by atoms with E-state index in [0.29, 0.717) is 3.70 Å². The Morgan fingerprint density at radius 1 is 1.55 bits per heavy atom. The van der Waals surface area contributed by atoms with Gasteiger partial charge in [0.15, 0.2) is 11.9 Å². The van der Waals surface area contributed by atoms with Gasteiger partial charge in [0.1, 0.15) is 28.1 Å². The molecular weight excluding hydrogens is 409 g/mol. The number of carboxylic acid groups (broad SMARTS) is 1. The fourth-order valence-electron chi connectivity index (χ4n) is 2.78. The molecule has 0 bridgehead atoms. The van der Waals surface area contributed by atoms with Crippen LogP contribution in [0.1, 0.15) is 19.9 Å².